The third-order valence-corrected chi connectivity index (χ3v) is 2.86. The summed E-state index contributed by atoms with van der Waals surface area (Å²) in [5, 5.41) is 4.44. The molecule has 0 radical (unpaired) electrons. The van der Waals surface area contributed by atoms with E-state index in [0.717, 1.165) is 37.2 Å². The van der Waals surface area contributed by atoms with Crippen molar-refractivity contribution < 1.29 is 4.79 Å². The second-order valence-corrected chi connectivity index (χ2v) is 4.26. The van der Waals surface area contributed by atoms with Gasteiger partial charge in [-0.05, 0) is 38.8 Å². The molecular formula is C13H23N3O. The Morgan fingerprint density at radius 2 is 2.18 bits per heavy atom. The molecule has 0 saturated carbocycles. The van der Waals surface area contributed by atoms with Gasteiger partial charge < -0.3 is 5.73 Å². The largest absolute Gasteiger partial charge is 0.330 e. The Morgan fingerprint density at radius 3 is 2.76 bits per heavy atom. The van der Waals surface area contributed by atoms with Crippen molar-refractivity contribution in [3.63, 3.8) is 0 Å². The molecular weight excluding hydrogens is 214 g/mol. The van der Waals surface area contributed by atoms with E-state index in [1.54, 1.807) is 0 Å². The fraction of sp³-hybridized carbons (Fsp3) is 0.692. The number of aryl methyl sites for hydroxylation is 2. The van der Waals surface area contributed by atoms with Gasteiger partial charge in [0.05, 0.1) is 5.69 Å². The normalized spacial score (nSPS) is 10.8. The van der Waals surface area contributed by atoms with Gasteiger partial charge in [-0.1, -0.05) is 6.92 Å². The molecule has 4 heteroatoms. The number of ketones is 1. The van der Waals surface area contributed by atoms with Gasteiger partial charge in [-0.25, -0.2) is 0 Å². The summed E-state index contributed by atoms with van der Waals surface area (Å²) in [6.45, 7) is 5.62. The van der Waals surface area contributed by atoms with Gasteiger partial charge in [0.1, 0.15) is 5.78 Å². The summed E-state index contributed by atoms with van der Waals surface area (Å²) >= 11 is 0. The summed E-state index contributed by atoms with van der Waals surface area (Å²) in [4.78, 5) is 11.8. The maximum absolute atomic E-state index is 11.8. The lowest BCUT2D eigenvalue weighted by Gasteiger charge is -2.03. The van der Waals surface area contributed by atoms with E-state index in [1.807, 2.05) is 10.7 Å². The van der Waals surface area contributed by atoms with Gasteiger partial charge in [0.15, 0.2) is 0 Å². The third kappa shape index (κ3) is 4.30. The van der Waals surface area contributed by atoms with Crippen molar-refractivity contribution in [3.05, 3.63) is 17.5 Å². The van der Waals surface area contributed by atoms with Crippen molar-refractivity contribution in [3.8, 4) is 0 Å². The number of carbonyl (C=O) groups is 1. The van der Waals surface area contributed by atoms with Crippen molar-refractivity contribution in [1.29, 1.82) is 0 Å². The van der Waals surface area contributed by atoms with Crippen LogP contribution in [0, 0.1) is 0 Å². The van der Waals surface area contributed by atoms with Gasteiger partial charge in [-0.3, -0.25) is 9.48 Å². The Hall–Kier alpha value is -1.16. The first-order chi connectivity index (χ1) is 8.21. The fourth-order valence-electron chi connectivity index (χ4n) is 1.86. The predicted octanol–water partition coefficient (Wildman–Crippen LogP) is 1.71. The van der Waals surface area contributed by atoms with Gasteiger partial charge >= 0.3 is 0 Å². The topological polar surface area (TPSA) is 60.9 Å². The number of rotatable bonds is 8. The van der Waals surface area contributed by atoms with Crippen molar-refractivity contribution in [2.24, 2.45) is 5.73 Å². The standard InChI is InChI=1S/C13H23N3O/c1-3-11-9-12(16(4-2)15-11)10-13(17)7-5-6-8-14/h9H,3-8,10,14H2,1-2H3. The molecule has 96 valence electrons. The van der Waals surface area contributed by atoms with Crippen LogP contribution in [0.3, 0.4) is 0 Å². The van der Waals surface area contributed by atoms with Crippen molar-refractivity contribution in [1.82, 2.24) is 9.78 Å². The predicted molar refractivity (Wildman–Crippen MR) is 68.9 cm³/mol. The van der Waals surface area contributed by atoms with Crippen LogP contribution in [0.1, 0.15) is 44.5 Å². The van der Waals surface area contributed by atoms with E-state index >= 15 is 0 Å². The molecule has 1 aromatic rings. The van der Waals surface area contributed by atoms with Crippen molar-refractivity contribution >= 4 is 5.78 Å². The van der Waals surface area contributed by atoms with E-state index in [0.29, 0.717) is 19.4 Å². The Bertz CT molecular complexity index is 358. The minimum atomic E-state index is 0.288. The minimum absolute atomic E-state index is 0.288. The van der Waals surface area contributed by atoms with Crippen LogP contribution in [0.15, 0.2) is 6.07 Å². The maximum Gasteiger partial charge on any atom is 0.138 e. The Kier molecular flexibility index (Phi) is 5.91. The van der Waals surface area contributed by atoms with Crippen LogP contribution < -0.4 is 5.73 Å². The number of nitrogens with two attached hydrogens (primary N) is 1. The molecule has 0 aromatic carbocycles. The molecule has 0 aliphatic carbocycles. The molecule has 0 spiro atoms. The molecule has 4 nitrogen and oxygen atoms in total. The van der Waals surface area contributed by atoms with E-state index in [1.165, 1.54) is 0 Å². The Balaban J connectivity index is 2.54. The molecule has 1 aromatic heterocycles. The monoisotopic (exact) mass is 237 g/mol. The first-order valence-electron chi connectivity index (χ1n) is 6.48. The lowest BCUT2D eigenvalue weighted by atomic mass is 10.1. The van der Waals surface area contributed by atoms with Crippen molar-refractivity contribution in [2.45, 2.75) is 52.5 Å². The number of aromatic nitrogens is 2. The third-order valence-electron chi connectivity index (χ3n) is 2.86. The van der Waals surface area contributed by atoms with E-state index in [9.17, 15) is 4.79 Å². The van der Waals surface area contributed by atoms with Gasteiger partial charge in [0, 0.05) is 25.1 Å². The van der Waals surface area contributed by atoms with Gasteiger partial charge in [0.25, 0.3) is 0 Å². The van der Waals surface area contributed by atoms with E-state index < -0.39 is 0 Å². The molecule has 0 fully saturated rings. The molecule has 0 saturated heterocycles. The zero-order chi connectivity index (χ0) is 12.7. The zero-order valence-corrected chi connectivity index (χ0v) is 10.9. The highest BCUT2D eigenvalue weighted by Gasteiger charge is 2.10. The summed E-state index contributed by atoms with van der Waals surface area (Å²) < 4.78 is 1.93. The van der Waals surface area contributed by atoms with E-state index in [4.69, 9.17) is 5.73 Å². The number of nitrogens with zero attached hydrogens (tertiary/aromatic N) is 2. The number of hydrogen-bond donors (Lipinski definition) is 1. The second-order valence-electron chi connectivity index (χ2n) is 4.26. The molecule has 2 N–H and O–H groups in total. The van der Waals surface area contributed by atoms with Gasteiger partial charge in [0.2, 0.25) is 0 Å². The molecule has 0 amide bonds. The summed E-state index contributed by atoms with van der Waals surface area (Å²) in [5.74, 6) is 0.288. The average molecular weight is 237 g/mol. The average Bonchev–Trinajstić information content (AvgIpc) is 2.71. The molecule has 1 rings (SSSR count). The van der Waals surface area contributed by atoms with Crippen LogP contribution in [0.4, 0.5) is 0 Å². The van der Waals surface area contributed by atoms with Crippen LogP contribution in [-0.4, -0.2) is 22.1 Å². The lowest BCUT2D eigenvalue weighted by Crippen LogP contribution is -2.10. The van der Waals surface area contributed by atoms with Gasteiger partial charge in [-0.15, -0.1) is 0 Å². The molecule has 0 aliphatic rings. The van der Waals surface area contributed by atoms with E-state index in [-0.39, 0.29) is 5.78 Å². The smallest absolute Gasteiger partial charge is 0.138 e. The fourth-order valence-corrected chi connectivity index (χ4v) is 1.86. The molecule has 1 heterocycles. The zero-order valence-electron chi connectivity index (χ0n) is 10.9. The summed E-state index contributed by atoms with van der Waals surface area (Å²) in [5.41, 5.74) is 7.52. The summed E-state index contributed by atoms with van der Waals surface area (Å²) in [7, 11) is 0. The second kappa shape index (κ2) is 7.22. The number of unbranched alkanes of at least 4 members (excludes halogenated alkanes) is 1. The van der Waals surface area contributed by atoms with Crippen LogP contribution in [-0.2, 0) is 24.2 Å². The quantitative estimate of drug-likeness (QED) is 0.700. The molecule has 0 bridgehead atoms. The first kappa shape index (κ1) is 13.9. The highest BCUT2D eigenvalue weighted by molar-refractivity contribution is 5.80. The minimum Gasteiger partial charge on any atom is -0.330 e. The van der Waals surface area contributed by atoms with Crippen LogP contribution in [0.5, 0.6) is 0 Å². The summed E-state index contributed by atoms with van der Waals surface area (Å²) in [6.07, 6.45) is 3.88. The first-order valence-corrected chi connectivity index (χ1v) is 6.48. The van der Waals surface area contributed by atoms with Crippen molar-refractivity contribution in [2.75, 3.05) is 6.54 Å². The molecule has 0 unspecified atom stereocenters. The number of Topliss-reactive ketones (excluding diaryl/α,β-unsaturated/α-hetero) is 1. The molecule has 0 aliphatic heterocycles. The number of carbonyl (C=O) groups excluding carboxylic acids is 1. The Labute approximate surface area is 103 Å². The summed E-state index contributed by atoms with van der Waals surface area (Å²) in [6, 6.07) is 2.05. The Morgan fingerprint density at radius 1 is 1.41 bits per heavy atom. The van der Waals surface area contributed by atoms with Crippen LogP contribution in [0.25, 0.3) is 0 Å². The SMILES string of the molecule is CCc1cc(CC(=O)CCCCN)n(CC)n1. The lowest BCUT2D eigenvalue weighted by molar-refractivity contribution is -0.118. The van der Waals surface area contributed by atoms with Crippen LogP contribution in [0.2, 0.25) is 0 Å². The maximum atomic E-state index is 11.8. The van der Waals surface area contributed by atoms with Gasteiger partial charge in [-0.2, -0.15) is 5.10 Å². The van der Waals surface area contributed by atoms with E-state index in [2.05, 4.69) is 18.9 Å². The molecule has 0 atom stereocenters. The highest BCUT2D eigenvalue weighted by Crippen LogP contribution is 2.09. The van der Waals surface area contributed by atoms with Crippen LogP contribution >= 0.6 is 0 Å². The highest BCUT2D eigenvalue weighted by atomic mass is 16.1. The molecule has 17 heavy (non-hydrogen) atoms. The number of hydrogen-bond acceptors (Lipinski definition) is 3.